The van der Waals surface area contributed by atoms with E-state index in [-0.39, 0.29) is 10.8 Å². The molecule has 148 valence electrons. The fourth-order valence-corrected chi connectivity index (χ4v) is 3.51. The van der Waals surface area contributed by atoms with Crippen molar-refractivity contribution < 1.29 is 27.2 Å². The molecule has 8 nitrogen and oxygen atoms in total. The van der Waals surface area contributed by atoms with Crippen LogP contribution in [0.1, 0.15) is 12.8 Å². The predicted octanol–water partition coefficient (Wildman–Crippen LogP) is 1.80. The Morgan fingerprint density at radius 1 is 1.18 bits per heavy atom. The standard InChI is InChI=1S/C18H18FN3O5S/c19-13-6-8-16(9-7-13)28(25,26)21-27-12-17(23)20-14-3-1-4-15(11-14)22-10-2-5-18(22)24/h1,3-4,6-9,11,21H,2,5,10,12H2,(H,20,23). The molecule has 2 N–H and O–H groups in total. The van der Waals surface area contributed by atoms with Crippen LogP contribution in [-0.2, 0) is 24.4 Å². The maximum Gasteiger partial charge on any atom is 0.262 e. The van der Waals surface area contributed by atoms with E-state index in [9.17, 15) is 22.4 Å². The molecule has 0 bridgehead atoms. The summed E-state index contributed by atoms with van der Waals surface area (Å²) in [7, 11) is -4.03. The number of carbonyl (C=O) groups is 2. The van der Waals surface area contributed by atoms with Gasteiger partial charge in [-0.1, -0.05) is 11.0 Å². The molecule has 10 heteroatoms. The molecule has 1 saturated heterocycles. The molecule has 0 atom stereocenters. The van der Waals surface area contributed by atoms with Crippen molar-refractivity contribution in [1.29, 1.82) is 0 Å². The number of hydrogen-bond donors (Lipinski definition) is 2. The topological polar surface area (TPSA) is 105 Å². The minimum Gasteiger partial charge on any atom is -0.324 e. The zero-order valence-electron chi connectivity index (χ0n) is 14.7. The summed E-state index contributed by atoms with van der Waals surface area (Å²) in [5, 5.41) is 2.57. The van der Waals surface area contributed by atoms with Gasteiger partial charge < -0.3 is 10.2 Å². The molecule has 2 amide bonds. The summed E-state index contributed by atoms with van der Waals surface area (Å²) in [5.41, 5.74) is 1.13. The summed E-state index contributed by atoms with van der Waals surface area (Å²) >= 11 is 0. The van der Waals surface area contributed by atoms with Crippen molar-refractivity contribution in [3.05, 3.63) is 54.3 Å². The van der Waals surface area contributed by atoms with E-state index in [1.807, 2.05) is 4.89 Å². The number of nitrogens with zero attached hydrogens (tertiary/aromatic N) is 1. The molecule has 1 heterocycles. The average Bonchev–Trinajstić information content (AvgIpc) is 3.08. The van der Waals surface area contributed by atoms with Crippen molar-refractivity contribution in [2.75, 3.05) is 23.4 Å². The minimum atomic E-state index is -4.03. The molecule has 1 aliphatic rings. The number of nitrogens with one attached hydrogen (secondary N) is 2. The molecule has 1 aliphatic heterocycles. The molecule has 0 radical (unpaired) electrons. The number of sulfonamides is 1. The SMILES string of the molecule is O=C(CONS(=O)(=O)c1ccc(F)cc1)Nc1cccc(N2CCCC2=O)c1. The van der Waals surface area contributed by atoms with Gasteiger partial charge in [-0.2, -0.15) is 0 Å². The number of rotatable bonds is 7. The molecule has 0 aromatic heterocycles. The van der Waals surface area contributed by atoms with Crippen LogP contribution in [0.15, 0.2) is 53.4 Å². The molecule has 0 saturated carbocycles. The van der Waals surface area contributed by atoms with E-state index in [0.717, 1.165) is 30.7 Å². The second-order valence-corrected chi connectivity index (χ2v) is 7.72. The summed E-state index contributed by atoms with van der Waals surface area (Å²) in [6, 6.07) is 10.9. The lowest BCUT2D eigenvalue weighted by atomic mass is 10.2. The second-order valence-electron chi connectivity index (χ2n) is 6.08. The first-order valence-electron chi connectivity index (χ1n) is 8.44. The molecule has 1 fully saturated rings. The van der Waals surface area contributed by atoms with Crippen molar-refractivity contribution in [3.63, 3.8) is 0 Å². The van der Waals surface area contributed by atoms with Crippen LogP contribution in [0.25, 0.3) is 0 Å². The summed E-state index contributed by atoms with van der Waals surface area (Å²) in [6.07, 6.45) is 1.29. The largest absolute Gasteiger partial charge is 0.324 e. The summed E-state index contributed by atoms with van der Waals surface area (Å²) in [6.45, 7) is 0.0534. The lowest BCUT2D eigenvalue weighted by molar-refractivity contribution is -0.121. The van der Waals surface area contributed by atoms with Gasteiger partial charge in [0.2, 0.25) is 5.91 Å². The van der Waals surface area contributed by atoms with Crippen molar-refractivity contribution in [1.82, 2.24) is 4.89 Å². The van der Waals surface area contributed by atoms with Crippen molar-refractivity contribution >= 4 is 33.2 Å². The Labute approximate surface area is 161 Å². The molecule has 28 heavy (non-hydrogen) atoms. The van der Waals surface area contributed by atoms with Crippen LogP contribution < -0.4 is 15.1 Å². The zero-order valence-corrected chi connectivity index (χ0v) is 15.5. The van der Waals surface area contributed by atoms with Crippen molar-refractivity contribution in [2.24, 2.45) is 0 Å². The van der Waals surface area contributed by atoms with Crippen LogP contribution in [0.4, 0.5) is 15.8 Å². The first-order chi connectivity index (χ1) is 13.3. The lowest BCUT2D eigenvalue weighted by Crippen LogP contribution is -2.29. The minimum absolute atomic E-state index is 0.0296. The van der Waals surface area contributed by atoms with Gasteiger partial charge in [-0.3, -0.25) is 14.4 Å². The molecule has 2 aromatic rings. The van der Waals surface area contributed by atoms with Gasteiger partial charge >= 0.3 is 0 Å². The Balaban J connectivity index is 1.53. The second kappa shape index (κ2) is 8.46. The van der Waals surface area contributed by atoms with Gasteiger partial charge in [-0.05, 0) is 48.9 Å². The summed E-state index contributed by atoms with van der Waals surface area (Å²) in [5.74, 6) is -1.13. The van der Waals surface area contributed by atoms with Crippen LogP contribution >= 0.6 is 0 Å². The van der Waals surface area contributed by atoms with Crippen LogP contribution in [0, 0.1) is 5.82 Å². The number of benzene rings is 2. The average molecular weight is 407 g/mol. The number of amides is 2. The normalized spacial score (nSPS) is 14.3. The zero-order chi connectivity index (χ0) is 20.1. The van der Waals surface area contributed by atoms with Gasteiger partial charge in [0.25, 0.3) is 15.9 Å². The molecular formula is C18H18FN3O5S. The van der Waals surface area contributed by atoms with Gasteiger partial charge in [0.1, 0.15) is 12.4 Å². The van der Waals surface area contributed by atoms with Crippen molar-refractivity contribution in [2.45, 2.75) is 17.7 Å². The third-order valence-electron chi connectivity index (χ3n) is 4.01. The predicted molar refractivity (Wildman–Crippen MR) is 99.3 cm³/mol. The van der Waals surface area contributed by atoms with E-state index in [4.69, 9.17) is 4.84 Å². The molecule has 3 rings (SSSR count). The van der Waals surface area contributed by atoms with Crippen LogP contribution in [0.3, 0.4) is 0 Å². The van der Waals surface area contributed by atoms with E-state index in [1.165, 1.54) is 0 Å². The van der Waals surface area contributed by atoms with Gasteiger partial charge in [0.05, 0.1) is 4.90 Å². The van der Waals surface area contributed by atoms with Crippen molar-refractivity contribution in [3.8, 4) is 0 Å². The molecule has 0 spiro atoms. The Kier molecular flexibility index (Phi) is 6.02. The number of anilines is 2. The maximum absolute atomic E-state index is 12.9. The monoisotopic (exact) mass is 407 g/mol. The van der Waals surface area contributed by atoms with Crippen LogP contribution in [0.5, 0.6) is 0 Å². The Morgan fingerprint density at radius 2 is 1.93 bits per heavy atom. The third kappa shape index (κ3) is 4.91. The Morgan fingerprint density at radius 3 is 2.61 bits per heavy atom. The first kappa shape index (κ1) is 19.9. The molecule has 0 aliphatic carbocycles. The van der Waals surface area contributed by atoms with E-state index in [0.29, 0.717) is 24.3 Å². The fraction of sp³-hybridized carbons (Fsp3) is 0.222. The Bertz CT molecular complexity index is 979. The Hall–Kier alpha value is -2.82. The van der Waals surface area contributed by atoms with Gasteiger partial charge in [0, 0.05) is 24.3 Å². The maximum atomic E-state index is 12.9. The van der Waals surface area contributed by atoms with E-state index in [1.54, 1.807) is 29.2 Å². The highest BCUT2D eigenvalue weighted by Crippen LogP contribution is 2.24. The molecule has 2 aromatic carbocycles. The lowest BCUT2D eigenvalue weighted by Gasteiger charge is -2.16. The summed E-state index contributed by atoms with van der Waals surface area (Å²) in [4.78, 5) is 31.8. The van der Waals surface area contributed by atoms with E-state index < -0.39 is 28.4 Å². The van der Waals surface area contributed by atoms with Gasteiger partial charge in [0.15, 0.2) is 0 Å². The number of hydrogen-bond acceptors (Lipinski definition) is 5. The highest BCUT2D eigenvalue weighted by Gasteiger charge is 2.22. The van der Waals surface area contributed by atoms with Crippen LogP contribution in [0.2, 0.25) is 0 Å². The van der Waals surface area contributed by atoms with Gasteiger partial charge in [-0.25, -0.2) is 12.8 Å². The molecule has 0 unspecified atom stereocenters. The smallest absolute Gasteiger partial charge is 0.262 e. The first-order valence-corrected chi connectivity index (χ1v) is 9.93. The van der Waals surface area contributed by atoms with E-state index in [2.05, 4.69) is 5.32 Å². The quantitative estimate of drug-likeness (QED) is 0.681. The van der Waals surface area contributed by atoms with Crippen LogP contribution in [-0.4, -0.2) is 33.4 Å². The van der Waals surface area contributed by atoms with E-state index >= 15 is 0 Å². The highest BCUT2D eigenvalue weighted by atomic mass is 32.2. The number of halogens is 1. The number of carbonyl (C=O) groups excluding carboxylic acids is 2. The molecular weight excluding hydrogens is 389 g/mol. The highest BCUT2D eigenvalue weighted by molar-refractivity contribution is 7.89. The summed E-state index contributed by atoms with van der Waals surface area (Å²) < 4.78 is 36.8. The fourth-order valence-electron chi connectivity index (χ4n) is 2.70. The third-order valence-corrected chi connectivity index (χ3v) is 5.24. The van der Waals surface area contributed by atoms with Gasteiger partial charge in [-0.15, -0.1) is 0 Å².